The summed E-state index contributed by atoms with van der Waals surface area (Å²) in [6.07, 6.45) is 0. The van der Waals surface area contributed by atoms with Crippen molar-refractivity contribution in [3.05, 3.63) is 35.8 Å². The number of nitrogens with one attached hydrogen (secondary N) is 1. The molecule has 1 rings (SSSR count). The summed E-state index contributed by atoms with van der Waals surface area (Å²) in [6, 6.07) is 2.99. The van der Waals surface area contributed by atoms with Crippen molar-refractivity contribution in [1.29, 1.82) is 0 Å². The van der Waals surface area contributed by atoms with E-state index in [1.165, 1.54) is 12.1 Å². The molecule has 0 aromatic carbocycles. The van der Waals surface area contributed by atoms with Crippen LogP contribution in [-0.4, -0.2) is 18.2 Å². The van der Waals surface area contributed by atoms with Crippen LogP contribution < -0.4 is 5.32 Å². The highest BCUT2D eigenvalue weighted by Gasteiger charge is 2.12. The summed E-state index contributed by atoms with van der Waals surface area (Å²) in [7, 11) is 0. The molecule has 0 atom stereocenters. The number of alkyl halides is 2. The standard InChI is InChI=1S/C11H13F2NO2S/c1-7(2)5-14-10(15)9-4-3-8(16-9)6-17-11(12)13/h3-4,11H,1,5-6H2,2H3,(H,14,15). The maximum Gasteiger partial charge on any atom is 0.287 e. The number of hydrogen-bond donors (Lipinski definition) is 1. The van der Waals surface area contributed by atoms with Crippen LogP contribution >= 0.6 is 11.8 Å². The van der Waals surface area contributed by atoms with Crippen LogP contribution in [0.2, 0.25) is 0 Å². The number of amides is 1. The third-order valence-electron chi connectivity index (χ3n) is 1.79. The molecule has 0 aliphatic heterocycles. The van der Waals surface area contributed by atoms with E-state index in [-0.39, 0.29) is 17.4 Å². The molecule has 0 spiro atoms. The first-order valence-electron chi connectivity index (χ1n) is 4.90. The fourth-order valence-electron chi connectivity index (χ4n) is 1.04. The van der Waals surface area contributed by atoms with Crippen molar-refractivity contribution in [1.82, 2.24) is 5.32 Å². The summed E-state index contributed by atoms with van der Waals surface area (Å²) in [4.78, 5) is 11.5. The number of carbonyl (C=O) groups excluding carboxylic acids is 1. The molecule has 1 aromatic heterocycles. The van der Waals surface area contributed by atoms with E-state index in [0.29, 0.717) is 24.1 Å². The predicted octanol–water partition coefficient (Wildman–Crippen LogP) is 3.04. The number of hydrogen-bond acceptors (Lipinski definition) is 3. The molecular formula is C11H13F2NO2S. The molecule has 17 heavy (non-hydrogen) atoms. The molecule has 94 valence electrons. The molecule has 0 aliphatic carbocycles. The zero-order valence-corrected chi connectivity index (χ0v) is 10.2. The first-order chi connectivity index (χ1) is 7.99. The lowest BCUT2D eigenvalue weighted by molar-refractivity contribution is 0.0928. The molecule has 1 heterocycles. The van der Waals surface area contributed by atoms with Gasteiger partial charge in [-0.05, 0) is 19.1 Å². The highest BCUT2D eigenvalue weighted by atomic mass is 32.2. The zero-order valence-electron chi connectivity index (χ0n) is 9.33. The van der Waals surface area contributed by atoms with Gasteiger partial charge in [-0.1, -0.05) is 23.9 Å². The van der Waals surface area contributed by atoms with Crippen LogP contribution in [0.25, 0.3) is 0 Å². The molecule has 0 saturated carbocycles. The minimum atomic E-state index is -2.44. The van der Waals surface area contributed by atoms with E-state index < -0.39 is 5.76 Å². The van der Waals surface area contributed by atoms with Crippen molar-refractivity contribution in [2.24, 2.45) is 0 Å². The van der Waals surface area contributed by atoms with Gasteiger partial charge in [-0.25, -0.2) is 0 Å². The topological polar surface area (TPSA) is 42.2 Å². The van der Waals surface area contributed by atoms with Crippen LogP contribution in [0.15, 0.2) is 28.7 Å². The van der Waals surface area contributed by atoms with Gasteiger partial charge in [0.05, 0.1) is 5.75 Å². The Morgan fingerprint density at radius 1 is 1.59 bits per heavy atom. The maximum atomic E-state index is 11.9. The molecule has 3 nitrogen and oxygen atoms in total. The monoisotopic (exact) mass is 261 g/mol. The zero-order chi connectivity index (χ0) is 12.8. The Morgan fingerprint density at radius 3 is 2.88 bits per heavy atom. The Balaban J connectivity index is 2.49. The normalized spacial score (nSPS) is 10.6. The van der Waals surface area contributed by atoms with Crippen LogP contribution in [0.5, 0.6) is 0 Å². The summed E-state index contributed by atoms with van der Waals surface area (Å²) in [6.45, 7) is 5.79. The van der Waals surface area contributed by atoms with Gasteiger partial charge in [0, 0.05) is 6.54 Å². The lowest BCUT2D eigenvalue weighted by Crippen LogP contribution is -2.24. The third-order valence-corrected chi connectivity index (χ3v) is 2.49. The lowest BCUT2D eigenvalue weighted by atomic mass is 10.3. The van der Waals surface area contributed by atoms with Crippen LogP contribution in [0.4, 0.5) is 8.78 Å². The molecule has 1 aromatic rings. The van der Waals surface area contributed by atoms with Gasteiger partial charge in [-0.2, -0.15) is 8.78 Å². The Hall–Kier alpha value is -1.30. The van der Waals surface area contributed by atoms with E-state index >= 15 is 0 Å². The van der Waals surface area contributed by atoms with E-state index in [1.807, 2.05) is 0 Å². The van der Waals surface area contributed by atoms with Gasteiger partial charge in [0.25, 0.3) is 11.7 Å². The van der Waals surface area contributed by atoms with Gasteiger partial charge in [-0.15, -0.1) is 0 Å². The van der Waals surface area contributed by atoms with Crippen LogP contribution in [-0.2, 0) is 5.75 Å². The molecule has 0 aliphatic rings. The van der Waals surface area contributed by atoms with Crippen molar-refractivity contribution in [3.63, 3.8) is 0 Å². The third kappa shape index (κ3) is 5.04. The average molecular weight is 261 g/mol. The number of carbonyl (C=O) groups is 1. The number of thioether (sulfide) groups is 1. The SMILES string of the molecule is C=C(C)CNC(=O)c1ccc(CSC(F)F)o1. The Morgan fingerprint density at radius 2 is 2.29 bits per heavy atom. The summed E-state index contributed by atoms with van der Waals surface area (Å²) < 4.78 is 29.0. The molecule has 1 amide bonds. The van der Waals surface area contributed by atoms with Gasteiger partial charge in [0.1, 0.15) is 5.76 Å². The first-order valence-corrected chi connectivity index (χ1v) is 5.95. The second-order valence-electron chi connectivity index (χ2n) is 3.48. The average Bonchev–Trinajstić information content (AvgIpc) is 2.71. The van der Waals surface area contributed by atoms with Gasteiger partial charge in [0.15, 0.2) is 5.76 Å². The Labute approximate surface area is 102 Å². The van der Waals surface area contributed by atoms with Crippen molar-refractivity contribution >= 4 is 17.7 Å². The van der Waals surface area contributed by atoms with Crippen molar-refractivity contribution in [2.45, 2.75) is 18.4 Å². The second-order valence-corrected chi connectivity index (χ2v) is 4.46. The van der Waals surface area contributed by atoms with Crippen LogP contribution in [0.3, 0.4) is 0 Å². The van der Waals surface area contributed by atoms with Gasteiger partial charge < -0.3 is 9.73 Å². The minimum absolute atomic E-state index is 0.0471. The largest absolute Gasteiger partial charge is 0.455 e. The molecule has 0 saturated heterocycles. The molecular weight excluding hydrogens is 248 g/mol. The second kappa shape index (κ2) is 6.44. The minimum Gasteiger partial charge on any atom is -0.455 e. The number of furan rings is 1. The Kier molecular flexibility index (Phi) is 5.21. The van der Waals surface area contributed by atoms with Crippen LogP contribution in [0.1, 0.15) is 23.2 Å². The number of rotatable bonds is 6. The summed E-state index contributed by atoms with van der Waals surface area (Å²) in [5.41, 5.74) is 0.818. The summed E-state index contributed by atoms with van der Waals surface area (Å²) in [5.74, 6) is -2.29. The van der Waals surface area contributed by atoms with E-state index in [0.717, 1.165) is 5.57 Å². The maximum absolute atomic E-state index is 11.9. The predicted molar refractivity (Wildman–Crippen MR) is 63.2 cm³/mol. The Bertz CT molecular complexity index is 404. The van der Waals surface area contributed by atoms with Gasteiger partial charge in [0.2, 0.25) is 0 Å². The smallest absolute Gasteiger partial charge is 0.287 e. The molecule has 6 heteroatoms. The molecule has 1 N–H and O–H groups in total. The molecule has 0 fully saturated rings. The van der Waals surface area contributed by atoms with E-state index in [9.17, 15) is 13.6 Å². The molecule has 0 unspecified atom stereocenters. The van der Waals surface area contributed by atoms with Gasteiger partial charge >= 0.3 is 0 Å². The lowest BCUT2D eigenvalue weighted by Gasteiger charge is -2.01. The fourth-order valence-corrected chi connectivity index (χ4v) is 1.49. The van der Waals surface area contributed by atoms with Crippen LogP contribution in [0, 0.1) is 0 Å². The highest BCUT2D eigenvalue weighted by molar-refractivity contribution is 7.98. The summed E-state index contributed by atoms with van der Waals surface area (Å²) in [5, 5.41) is 2.59. The van der Waals surface area contributed by atoms with E-state index in [2.05, 4.69) is 11.9 Å². The summed E-state index contributed by atoms with van der Waals surface area (Å²) >= 11 is 0.455. The molecule has 0 radical (unpaired) electrons. The van der Waals surface area contributed by atoms with Crippen molar-refractivity contribution in [3.8, 4) is 0 Å². The van der Waals surface area contributed by atoms with Crippen molar-refractivity contribution in [2.75, 3.05) is 6.54 Å². The van der Waals surface area contributed by atoms with Gasteiger partial charge in [-0.3, -0.25) is 4.79 Å². The fraction of sp³-hybridized carbons (Fsp3) is 0.364. The number of halogens is 2. The first kappa shape index (κ1) is 13.8. The van der Waals surface area contributed by atoms with E-state index in [4.69, 9.17) is 4.42 Å². The van der Waals surface area contributed by atoms with E-state index in [1.54, 1.807) is 6.92 Å². The van der Waals surface area contributed by atoms with Crippen molar-refractivity contribution < 1.29 is 18.0 Å². The highest BCUT2D eigenvalue weighted by Crippen LogP contribution is 2.21. The molecule has 0 bridgehead atoms. The quantitative estimate of drug-likeness (QED) is 0.800.